The summed E-state index contributed by atoms with van der Waals surface area (Å²) < 4.78 is 25.6. The van der Waals surface area contributed by atoms with Crippen LogP contribution < -0.4 is 5.32 Å². The maximum atomic E-state index is 12.8. The second kappa shape index (κ2) is 7.19. The number of rotatable bonds is 5. The number of nitrogens with zero attached hydrogens (tertiary/aromatic N) is 3. The van der Waals surface area contributed by atoms with Crippen molar-refractivity contribution in [2.24, 2.45) is 0 Å². The first-order chi connectivity index (χ1) is 11.5. The van der Waals surface area contributed by atoms with Crippen LogP contribution in [0.4, 0.5) is 14.6 Å². The van der Waals surface area contributed by atoms with Crippen LogP contribution in [0.1, 0.15) is 23.4 Å². The Kier molecular flexibility index (Phi) is 5.01. The van der Waals surface area contributed by atoms with Gasteiger partial charge in [-0.05, 0) is 6.92 Å². The van der Waals surface area contributed by atoms with E-state index in [2.05, 4.69) is 20.3 Å². The molecule has 0 bridgehead atoms. The van der Waals surface area contributed by atoms with E-state index in [9.17, 15) is 8.78 Å². The normalized spacial score (nSPS) is 11.0. The summed E-state index contributed by atoms with van der Waals surface area (Å²) in [6.07, 6.45) is -1.68. The Morgan fingerprint density at radius 1 is 1.21 bits per heavy atom. The van der Waals surface area contributed by atoms with Gasteiger partial charge in [0.25, 0.3) is 6.43 Å². The second-order valence-electron chi connectivity index (χ2n) is 5.09. The molecule has 0 amide bonds. The van der Waals surface area contributed by atoms with Crippen LogP contribution in [0.25, 0.3) is 10.6 Å². The van der Waals surface area contributed by atoms with Crippen LogP contribution in [0.2, 0.25) is 5.02 Å². The lowest BCUT2D eigenvalue weighted by Crippen LogP contribution is -2.05. The number of alkyl halides is 2. The number of benzene rings is 1. The number of thiazole rings is 1. The number of aromatic nitrogens is 3. The third kappa shape index (κ3) is 3.68. The minimum absolute atomic E-state index is 0.165. The first-order valence-corrected chi connectivity index (χ1v) is 8.34. The smallest absolute Gasteiger partial charge is 0.282 e. The fraction of sp³-hybridized carbons (Fsp3) is 0.188. The van der Waals surface area contributed by atoms with Crippen molar-refractivity contribution in [1.82, 2.24) is 15.0 Å². The van der Waals surface area contributed by atoms with Crippen LogP contribution in [0.5, 0.6) is 0 Å². The quantitative estimate of drug-likeness (QED) is 0.681. The van der Waals surface area contributed by atoms with Crippen LogP contribution in [-0.2, 0) is 6.54 Å². The molecule has 0 unspecified atom stereocenters. The van der Waals surface area contributed by atoms with Gasteiger partial charge in [0.1, 0.15) is 27.9 Å². The summed E-state index contributed by atoms with van der Waals surface area (Å²) in [4.78, 5) is 11.9. The van der Waals surface area contributed by atoms with Gasteiger partial charge in [0.05, 0.1) is 12.2 Å². The largest absolute Gasteiger partial charge is 0.363 e. The van der Waals surface area contributed by atoms with Crippen LogP contribution in [0.15, 0.2) is 36.0 Å². The van der Waals surface area contributed by atoms with E-state index in [1.165, 1.54) is 16.9 Å². The second-order valence-corrected chi connectivity index (χ2v) is 6.32. The fourth-order valence-electron chi connectivity index (χ4n) is 2.05. The molecule has 1 aromatic carbocycles. The Bertz CT molecular complexity index is 836. The number of anilines is 1. The van der Waals surface area contributed by atoms with Crippen molar-refractivity contribution in [3.8, 4) is 10.6 Å². The van der Waals surface area contributed by atoms with Crippen molar-refractivity contribution in [1.29, 1.82) is 0 Å². The number of hydrogen-bond donors (Lipinski definition) is 1. The molecular formula is C16H13ClF2N4S. The molecule has 3 rings (SSSR count). The van der Waals surface area contributed by atoms with Gasteiger partial charge in [0.2, 0.25) is 0 Å². The summed E-state index contributed by atoms with van der Waals surface area (Å²) in [5.41, 5.74) is 2.53. The van der Waals surface area contributed by atoms with Gasteiger partial charge in [-0.15, -0.1) is 11.3 Å². The molecule has 0 fully saturated rings. The molecule has 0 aliphatic carbocycles. The van der Waals surface area contributed by atoms with E-state index in [1.807, 2.05) is 36.6 Å². The van der Waals surface area contributed by atoms with Crippen molar-refractivity contribution in [3.05, 3.63) is 57.9 Å². The molecular weight excluding hydrogens is 354 g/mol. The van der Waals surface area contributed by atoms with E-state index in [0.29, 0.717) is 6.54 Å². The molecule has 2 heterocycles. The molecule has 0 spiro atoms. The lowest BCUT2D eigenvalue weighted by atomic mass is 10.2. The van der Waals surface area contributed by atoms with Crippen molar-refractivity contribution in [2.45, 2.75) is 19.9 Å². The monoisotopic (exact) mass is 366 g/mol. The Balaban J connectivity index is 1.72. The molecule has 8 heteroatoms. The number of halogens is 3. The van der Waals surface area contributed by atoms with E-state index in [1.54, 1.807) is 0 Å². The topological polar surface area (TPSA) is 50.7 Å². The highest BCUT2D eigenvalue weighted by Crippen LogP contribution is 2.30. The highest BCUT2D eigenvalue weighted by atomic mass is 35.5. The Hall–Kier alpha value is -2.12. The highest BCUT2D eigenvalue weighted by Gasteiger charge is 2.17. The SMILES string of the molecule is Cc1ccc(-c2nc(CNc3ncnc(C(F)F)c3Cl)cs2)cc1. The first-order valence-electron chi connectivity index (χ1n) is 7.08. The molecule has 0 radical (unpaired) electrons. The first kappa shape index (κ1) is 16.7. The van der Waals surface area contributed by atoms with E-state index >= 15 is 0 Å². The Morgan fingerprint density at radius 2 is 1.96 bits per heavy atom. The third-order valence-corrected chi connectivity index (χ3v) is 4.62. The number of aryl methyl sites for hydroxylation is 1. The summed E-state index contributed by atoms with van der Waals surface area (Å²) in [6.45, 7) is 2.36. The van der Waals surface area contributed by atoms with E-state index < -0.39 is 12.1 Å². The van der Waals surface area contributed by atoms with Crippen molar-refractivity contribution in [3.63, 3.8) is 0 Å². The Morgan fingerprint density at radius 3 is 2.67 bits per heavy atom. The molecule has 0 atom stereocenters. The lowest BCUT2D eigenvalue weighted by Gasteiger charge is -2.08. The summed E-state index contributed by atoms with van der Waals surface area (Å²) >= 11 is 7.42. The molecule has 3 aromatic rings. The molecule has 4 nitrogen and oxygen atoms in total. The molecule has 0 aliphatic rings. The maximum Gasteiger partial charge on any atom is 0.282 e. The van der Waals surface area contributed by atoms with Gasteiger partial charge in [-0.1, -0.05) is 41.4 Å². The zero-order chi connectivity index (χ0) is 17.1. The van der Waals surface area contributed by atoms with E-state index in [-0.39, 0.29) is 10.8 Å². The van der Waals surface area contributed by atoms with Crippen LogP contribution in [0, 0.1) is 6.92 Å². The average Bonchev–Trinajstić information content (AvgIpc) is 3.03. The minimum Gasteiger partial charge on any atom is -0.363 e. The Labute approximate surface area is 146 Å². The van der Waals surface area contributed by atoms with Gasteiger partial charge >= 0.3 is 0 Å². The predicted molar refractivity (Wildman–Crippen MR) is 91.6 cm³/mol. The van der Waals surface area contributed by atoms with Crippen molar-refractivity contribution < 1.29 is 8.78 Å². The number of hydrogen-bond acceptors (Lipinski definition) is 5. The molecule has 0 saturated carbocycles. The third-order valence-electron chi connectivity index (χ3n) is 3.31. The van der Waals surface area contributed by atoms with Gasteiger partial charge < -0.3 is 5.32 Å². The maximum absolute atomic E-state index is 12.8. The standard InChI is InChI=1S/C16H13ClF2N4S/c1-9-2-4-10(5-3-9)16-23-11(7-24-16)6-20-15-12(17)13(14(18)19)21-8-22-15/h2-5,7-8,14H,6H2,1H3,(H,20,21,22). The summed E-state index contributed by atoms with van der Waals surface area (Å²) in [5.74, 6) is 0.173. The van der Waals surface area contributed by atoms with Crippen LogP contribution in [-0.4, -0.2) is 15.0 Å². The summed E-state index contributed by atoms with van der Waals surface area (Å²) in [6, 6.07) is 8.09. The minimum atomic E-state index is -2.74. The molecule has 0 saturated heterocycles. The fourth-order valence-corrected chi connectivity index (χ4v) is 3.12. The molecule has 2 aromatic heterocycles. The highest BCUT2D eigenvalue weighted by molar-refractivity contribution is 7.13. The summed E-state index contributed by atoms with van der Waals surface area (Å²) in [7, 11) is 0. The predicted octanol–water partition coefficient (Wildman–Crippen LogP) is 5.11. The van der Waals surface area contributed by atoms with E-state index in [0.717, 1.165) is 22.6 Å². The average molecular weight is 367 g/mol. The van der Waals surface area contributed by atoms with Gasteiger partial charge in [-0.3, -0.25) is 0 Å². The number of nitrogens with one attached hydrogen (secondary N) is 1. The zero-order valence-corrected chi connectivity index (χ0v) is 14.2. The van der Waals surface area contributed by atoms with Gasteiger partial charge in [-0.2, -0.15) is 0 Å². The molecule has 0 aliphatic heterocycles. The van der Waals surface area contributed by atoms with Crippen molar-refractivity contribution >= 4 is 28.8 Å². The van der Waals surface area contributed by atoms with E-state index in [4.69, 9.17) is 11.6 Å². The van der Waals surface area contributed by atoms with Gasteiger partial charge in [0.15, 0.2) is 0 Å². The lowest BCUT2D eigenvalue weighted by molar-refractivity contribution is 0.146. The molecule has 24 heavy (non-hydrogen) atoms. The summed E-state index contributed by atoms with van der Waals surface area (Å²) in [5, 5.41) is 5.57. The van der Waals surface area contributed by atoms with Gasteiger partial charge in [0, 0.05) is 10.9 Å². The molecule has 124 valence electrons. The van der Waals surface area contributed by atoms with Crippen molar-refractivity contribution in [2.75, 3.05) is 5.32 Å². The van der Waals surface area contributed by atoms with Gasteiger partial charge in [-0.25, -0.2) is 23.7 Å². The van der Waals surface area contributed by atoms with Crippen LogP contribution in [0.3, 0.4) is 0 Å². The van der Waals surface area contributed by atoms with Crippen LogP contribution >= 0.6 is 22.9 Å². The zero-order valence-electron chi connectivity index (χ0n) is 12.6. The molecule has 1 N–H and O–H groups in total.